The minimum atomic E-state index is -0.434. The largest absolute Gasteiger partial charge is 0.390 e. The van der Waals surface area contributed by atoms with E-state index in [-0.39, 0.29) is 23.0 Å². The molecule has 0 aliphatic carbocycles. The summed E-state index contributed by atoms with van der Waals surface area (Å²) >= 11 is 0. The summed E-state index contributed by atoms with van der Waals surface area (Å²) in [5, 5.41) is 10.8. The van der Waals surface area contributed by atoms with E-state index in [0.717, 1.165) is 25.9 Å². The van der Waals surface area contributed by atoms with Gasteiger partial charge in [-0.25, -0.2) is 0 Å². The molecule has 2 fully saturated rings. The van der Waals surface area contributed by atoms with Crippen molar-refractivity contribution in [3.05, 3.63) is 0 Å². The second-order valence-electron chi connectivity index (χ2n) is 7.32. The first-order valence-corrected chi connectivity index (χ1v) is 7.89. The lowest BCUT2D eigenvalue weighted by Crippen LogP contribution is -2.50. The molecule has 0 aromatic heterocycles. The van der Waals surface area contributed by atoms with E-state index in [2.05, 4.69) is 20.8 Å². The molecule has 2 aliphatic rings. The third kappa shape index (κ3) is 3.53. The van der Waals surface area contributed by atoms with Crippen LogP contribution in [0.2, 0.25) is 0 Å². The van der Waals surface area contributed by atoms with E-state index in [0.29, 0.717) is 19.8 Å². The van der Waals surface area contributed by atoms with Crippen LogP contribution in [0.15, 0.2) is 0 Å². The molecular weight excluding hydrogens is 256 g/mol. The quantitative estimate of drug-likeness (QED) is 0.862. The van der Waals surface area contributed by atoms with Gasteiger partial charge in [0.25, 0.3) is 0 Å². The lowest BCUT2D eigenvalue weighted by molar-refractivity contribution is -0.156. The molecule has 4 unspecified atom stereocenters. The van der Waals surface area contributed by atoms with Crippen molar-refractivity contribution in [2.24, 2.45) is 11.3 Å². The van der Waals surface area contributed by atoms with Crippen molar-refractivity contribution in [2.45, 2.75) is 64.8 Å². The summed E-state index contributed by atoms with van der Waals surface area (Å²) in [5.74, 6) is 0.237. The molecule has 2 heterocycles. The second-order valence-corrected chi connectivity index (χ2v) is 7.32. The standard InChI is InChI=1S/C16H30O4/c1-5-19-14(15(2,3)4)13(17)12-6-8-20-16(10-12)7-9-18-11-16/h12-14,17H,5-11H2,1-4H3. The van der Waals surface area contributed by atoms with Gasteiger partial charge in [0.15, 0.2) is 0 Å². The SMILES string of the molecule is CCOC(C(O)C1CCOC2(CCOC2)C1)C(C)(C)C. The van der Waals surface area contributed by atoms with Crippen molar-refractivity contribution in [1.29, 1.82) is 0 Å². The zero-order valence-electron chi connectivity index (χ0n) is 13.4. The molecule has 2 rings (SSSR count). The van der Waals surface area contributed by atoms with Crippen molar-refractivity contribution in [1.82, 2.24) is 0 Å². The summed E-state index contributed by atoms with van der Waals surface area (Å²) in [4.78, 5) is 0. The number of rotatable bonds is 4. The molecule has 4 atom stereocenters. The van der Waals surface area contributed by atoms with Crippen LogP contribution in [0.1, 0.15) is 47.0 Å². The lowest BCUT2D eigenvalue weighted by atomic mass is 9.75. The van der Waals surface area contributed by atoms with Gasteiger partial charge in [-0.2, -0.15) is 0 Å². The van der Waals surface area contributed by atoms with Gasteiger partial charge in [0.1, 0.15) is 0 Å². The van der Waals surface area contributed by atoms with Crippen LogP contribution in [0, 0.1) is 11.3 Å². The van der Waals surface area contributed by atoms with Crippen LogP contribution >= 0.6 is 0 Å². The molecule has 4 nitrogen and oxygen atoms in total. The Morgan fingerprint density at radius 3 is 2.65 bits per heavy atom. The summed E-state index contributed by atoms with van der Waals surface area (Å²) in [5.41, 5.74) is -0.217. The molecule has 0 saturated carbocycles. The Labute approximate surface area is 122 Å². The Hall–Kier alpha value is -0.160. The van der Waals surface area contributed by atoms with Crippen LogP contribution < -0.4 is 0 Å². The first-order valence-electron chi connectivity index (χ1n) is 7.89. The molecule has 2 aliphatic heterocycles. The second kappa shape index (κ2) is 6.30. The Bertz CT molecular complexity index is 304. The van der Waals surface area contributed by atoms with Gasteiger partial charge in [0.2, 0.25) is 0 Å². The minimum Gasteiger partial charge on any atom is -0.390 e. The third-order valence-electron chi connectivity index (χ3n) is 4.59. The van der Waals surface area contributed by atoms with Gasteiger partial charge in [-0.15, -0.1) is 0 Å². The van der Waals surface area contributed by atoms with Crippen molar-refractivity contribution in [2.75, 3.05) is 26.4 Å². The maximum atomic E-state index is 10.8. The van der Waals surface area contributed by atoms with Crippen molar-refractivity contribution < 1.29 is 19.3 Å². The molecular formula is C16H30O4. The molecule has 1 spiro atoms. The monoisotopic (exact) mass is 286 g/mol. The Morgan fingerprint density at radius 1 is 1.35 bits per heavy atom. The predicted molar refractivity (Wildman–Crippen MR) is 77.7 cm³/mol. The topological polar surface area (TPSA) is 47.9 Å². The van der Waals surface area contributed by atoms with E-state index in [1.807, 2.05) is 6.92 Å². The van der Waals surface area contributed by atoms with Gasteiger partial charge >= 0.3 is 0 Å². The van der Waals surface area contributed by atoms with E-state index >= 15 is 0 Å². The summed E-state index contributed by atoms with van der Waals surface area (Å²) in [6, 6.07) is 0. The highest BCUT2D eigenvalue weighted by molar-refractivity contribution is 4.95. The number of aliphatic hydroxyl groups is 1. The molecule has 0 aromatic rings. The third-order valence-corrected chi connectivity index (χ3v) is 4.59. The lowest BCUT2D eigenvalue weighted by Gasteiger charge is -2.43. The predicted octanol–water partition coefficient (Wildman–Crippen LogP) is 2.38. The van der Waals surface area contributed by atoms with Crippen LogP contribution in [0.5, 0.6) is 0 Å². The Kier molecular flexibility index (Phi) is 5.11. The maximum absolute atomic E-state index is 10.8. The summed E-state index contributed by atoms with van der Waals surface area (Å²) in [7, 11) is 0. The van der Waals surface area contributed by atoms with Crippen LogP contribution in [-0.4, -0.2) is 49.3 Å². The van der Waals surface area contributed by atoms with Gasteiger partial charge in [-0.1, -0.05) is 20.8 Å². The van der Waals surface area contributed by atoms with E-state index in [1.165, 1.54) is 0 Å². The molecule has 0 amide bonds. The van der Waals surface area contributed by atoms with Crippen molar-refractivity contribution >= 4 is 0 Å². The van der Waals surface area contributed by atoms with Gasteiger partial charge in [-0.3, -0.25) is 0 Å². The number of ether oxygens (including phenoxy) is 3. The van der Waals surface area contributed by atoms with Crippen LogP contribution in [0.3, 0.4) is 0 Å². The Morgan fingerprint density at radius 2 is 2.10 bits per heavy atom. The average Bonchev–Trinajstić information content (AvgIpc) is 2.82. The van der Waals surface area contributed by atoms with E-state index in [9.17, 15) is 5.11 Å². The Balaban J connectivity index is 2.04. The number of hydrogen-bond donors (Lipinski definition) is 1. The van der Waals surface area contributed by atoms with E-state index in [4.69, 9.17) is 14.2 Å². The average molecular weight is 286 g/mol. The highest BCUT2D eigenvalue weighted by atomic mass is 16.6. The zero-order chi connectivity index (χ0) is 14.8. The number of hydrogen-bond acceptors (Lipinski definition) is 4. The van der Waals surface area contributed by atoms with Gasteiger partial charge in [-0.05, 0) is 31.1 Å². The smallest absolute Gasteiger partial charge is 0.0940 e. The summed E-state index contributed by atoms with van der Waals surface area (Å²) in [6.07, 6.45) is 2.17. The highest BCUT2D eigenvalue weighted by Gasteiger charge is 2.45. The van der Waals surface area contributed by atoms with E-state index < -0.39 is 6.10 Å². The van der Waals surface area contributed by atoms with Gasteiger partial charge in [0, 0.05) is 26.2 Å². The molecule has 0 aromatic carbocycles. The zero-order valence-corrected chi connectivity index (χ0v) is 13.4. The molecule has 2 saturated heterocycles. The van der Waals surface area contributed by atoms with Crippen molar-refractivity contribution in [3.8, 4) is 0 Å². The summed E-state index contributed by atoms with van der Waals surface area (Å²) < 4.78 is 17.3. The van der Waals surface area contributed by atoms with Crippen LogP contribution in [-0.2, 0) is 14.2 Å². The van der Waals surface area contributed by atoms with Crippen LogP contribution in [0.4, 0.5) is 0 Å². The fraction of sp³-hybridized carbons (Fsp3) is 1.00. The molecule has 0 radical (unpaired) electrons. The van der Waals surface area contributed by atoms with Gasteiger partial charge in [0.05, 0.1) is 24.4 Å². The summed E-state index contributed by atoms with van der Waals surface area (Å²) in [6.45, 7) is 11.2. The molecule has 1 N–H and O–H groups in total. The molecule has 0 bridgehead atoms. The van der Waals surface area contributed by atoms with Crippen molar-refractivity contribution in [3.63, 3.8) is 0 Å². The van der Waals surface area contributed by atoms with Crippen LogP contribution in [0.25, 0.3) is 0 Å². The maximum Gasteiger partial charge on any atom is 0.0940 e. The minimum absolute atomic E-state index is 0.0624. The van der Waals surface area contributed by atoms with Gasteiger partial charge < -0.3 is 19.3 Å². The highest BCUT2D eigenvalue weighted by Crippen LogP contribution is 2.40. The first-order chi connectivity index (χ1) is 9.38. The normalized spacial score (nSPS) is 34.4. The number of aliphatic hydroxyl groups excluding tert-OH is 1. The fourth-order valence-electron chi connectivity index (χ4n) is 3.51. The molecule has 20 heavy (non-hydrogen) atoms. The molecule has 4 heteroatoms. The molecule has 118 valence electrons. The first kappa shape index (κ1) is 16.2. The van der Waals surface area contributed by atoms with E-state index in [1.54, 1.807) is 0 Å². The fourth-order valence-corrected chi connectivity index (χ4v) is 3.51.